The normalized spacial score (nSPS) is 21.5. The van der Waals surface area contributed by atoms with Crippen molar-refractivity contribution >= 4 is 23.2 Å². The summed E-state index contributed by atoms with van der Waals surface area (Å²) in [7, 11) is 0. The molecule has 0 saturated heterocycles. The zero-order chi connectivity index (χ0) is 11.6. The quantitative estimate of drug-likeness (QED) is 0.572. The third-order valence-electron chi connectivity index (χ3n) is 2.75. The van der Waals surface area contributed by atoms with Gasteiger partial charge in [0.05, 0.1) is 0 Å². The van der Waals surface area contributed by atoms with Gasteiger partial charge in [-0.2, -0.15) is 0 Å². The minimum Gasteiger partial charge on any atom is -0.489 e. The minimum absolute atomic E-state index is 0.351. The molecule has 0 heterocycles. The maximum absolute atomic E-state index is 6.02. The monoisotopic (exact) mass is 256 g/mol. The molecule has 0 bridgehead atoms. The Balaban J connectivity index is 2.05. The van der Waals surface area contributed by atoms with Crippen LogP contribution >= 0.6 is 23.2 Å². The molecule has 1 nitrogen and oxygen atoms in total. The number of hydrogen-bond donors (Lipinski definition) is 0. The van der Waals surface area contributed by atoms with Crippen LogP contribution in [0.5, 0.6) is 5.75 Å². The van der Waals surface area contributed by atoms with Gasteiger partial charge in [0.15, 0.2) is 0 Å². The highest BCUT2D eigenvalue weighted by Gasteiger charge is 2.51. The Hall–Kier alpha value is -0.660. The summed E-state index contributed by atoms with van der Waals surface area (Å²) in [6, 6.07) is 7.98. The lowest BCUT2D eigenvalue weighted by Gasteiger charge is -2.09. The molecule has 3 heteroatoms. The lowest BCUT2D eigenvalue weighted by Crippen LogP contribution is -2.00. The number of ether oxygens (including phenoxy) is 1. The Morgan fingerprint density at radius 1 is 1.44 bits per heavy atom. The van der Waals surface area contributed by atoms with E-state index < -0.39 is 4.33 Å². The fourth-order valence-corrected chi connectivity index (χ4v) is 2.25. The first kappa shape index (κ1) is 11.8. The van der Waals surface area contributed by atoms with Crippen LogP contribution in [0.3, 0.4) is 0 Å². The standard InChI is InChI=1S/C13H14Cl2O/c1-2-7-16-12-6-4-3-5-10(12)8-11-9-13(11,14)15/h2-6,11H,1,7-9H2/t11-/m0/s1. The predicted molar refractivity (Wildman–Crippen MR) is 68.4 cm³/mol. The van der Waals surface area contributed by atoms with Gasteiger partial charge in [-0.25, -0.2) is 0 Å². The van der Waals surface area contributed by atoms with Gasteiger partial charge in [0.2, 0.25) is 0 Å². The smallest absolute Gasteiger partial charge is 0.122 e. The average Bonchev–Trinajstić information content (AvgIpc) is 2.85. The Kier molecular flexibility index (Phi) is 3.46. The molecule has 1 fully saturated rings. The highest BCUT2D eigenvalue weighted by atomic mass is 35.5. The van der Waals surface area contributed by atoms with Crippen molar-refractivity contribution in [3.8, 4) is 5.75 Å². The van der Waals surface area contributed by atoms with Gasteiger partial charge in [0, 0.05) is 0 Å². The fraction of sp³-hybridized carbons (Fsp3) is 0.385. The van der Waals surface area contributed by atoms with Crippen molar-refractivity contribution in [1.29, 1.82) is 0 Å². The Labute approximate surface area is 106 Å². The molecule has 86 valence electrons. The van der Waals surface area contributed by atoms with Gasteiger partial charge < -0.3 is 4.74 Å². The van der Waals surface area contributed by atoms with Crippen LogP contribution in [0.2, 0.25) is 0 Å². The van der Waals surface area contributed by atoms with E-state index in [2.05, 4.69) is 12.6 Å². The van der Waals surface area contributed by atoms with E-state index in [4.69, 9.17) is 27.9 Å². The summed E-state index contributed by atoms with van der Waals surface area (Å²) in [5.41, 5.74) is 1.16. The van der Waals surface area contributed by atoms with E-state index in [-0.39, 0.29) is 0 Å². The van der Waals surface area contributed by atoms with E-state index in [1.807, 2.05) is 18.2 Å². The van der Waals surface area contributed by atoms with Crippen LogP contribution in [0.1, 0.15) is 12.0 Å². The molecule has 0 radical (unpaired) electrons. The van der Waals surface area contributed by atoms with E-state index in [1.54, 1.807) is 6.08 Å². The van der Waals surface area contributed by atoms with E-state index in [0.29, 0.717) is 12.5 Å². The molecule has 1 aromatic rings. The third kappa shape index (κ3) is 2.72. The minimum atomic E-state index is -0.522. The lowest BCUT2D eigenvalue weighted by atomic mass is 10.1. The molecule has 0 aromatic heterocycles. The molecule has 0 N–H and O–H groups in total. The molecule has 0 amide bonds. The highest BCUT2D eigenvalue weighted by Crippen LogP contribution is 2.55. The number of rotatable bonds is 5. The van der Waals surface area contributed by atoms with Crippen LogP contribution in [0.4, 0.5) is 0 Å². The van der Waals surface area contributed by atoms with Gasteiger partial charge in [0.1, 0.15) is 16.7 Å². The molecule has 1 atom stereocenters. The first-order chi connectivity index (χ1) is 7.63. The largest absolute Gasteiger partial charge is 0.489 e. The van der Waals surface area contributed by atoms with Crippen molar-refractivity contribution in [1.82, 2.24) is 0 Å². The molecule has 1 aliphatic rings. The van der Waals surface area contributed by atoms with Crippen LogP contribution in [-0.4, -0.2) is 10.9 Å². The van der Waals surface area contributed by atoms with Gasteiger partial charge in [0.25, 0.3) is 0 Å². The average molecular weight is 257 g/mol. The fourth-order valence-electron chi connectivity index (χ4n) is 1.72. The Morgan fingerprint density at radius 3 is 2.75 bits per heavy atom. The summed E-state index contributed by atoms with van der Waals surface area (Å²) in [6.07, 6.45) is 3.48. The predicted octanol–water partition coefficient (Wildman–Crippen LogP) is 3.99. The van der Waals surface area contributed by atoms with Gasteiger partial charge >= 0.3 is 0 Å². The molecule has 1 aliphatic carbocycles. The molecule has 0 aliphatic heterocycles. The molecule has 1 saturated carbocycles. The van der Waals surface area contributed by atoms with E-state index in [0.717, 1.165) is 24.2 Å². The van der Waals surface area contributed by atoms with Gasteiger partial charge in [-0.3, -0.25) is 0 Å². The van der Waals surface area contributed by atoms with Crippen LogP contribution in [0, 0.1) is 5.92 Å². The lowest BCUT2D eigenvalue weighted by molar-refractivity contribution is 0.358. The summed E-state index contributed by atoms with van der Waals surface area (Å²) in [6.45, 7) is 4.16. The van der Waals surface area contributed by atoms with E-state index in [9.17, 15) is 0 Å². The van der Waals surface area contributed by atoms with Crippen LogP contribution in [0.25, 0.3) is 0 Å². The SMILES string of the molecule is C=CCOc1ccccc1C[C@H]1CC1(Cl)Cl. The second kappa shape index (κ2) is 4.68. The number of alkyl halides is 2. The summed E-state index contributed by atoms with van der Waals surface area (Å²) in [4.78, 5) is 0. The van der Waals surface area contributed by atoms with Crippen molar-refractivity contribution in [2.45, 2.75) is 17.2 Å². The second-order valence-electron chi connectivity index (χ2n) is 4.07. The number of hydrogen-bond acceptors (Lipinski definition) is 1. The molecule has 16 heavy (non-hydrogen) atoms. The molecular formula is C13H14Cl2O. The molecule has 0 unspecified atom stereocenters. The first-order valence-electron chi connectivity index (χ1n) is 5.33. The maximum atomic E-state index is 6.02. The summed E-state index contributed by atoms with van der Waals surface area (Å²) >= 11 is 12.0. The molecule has 1 aromatic carbocycles. The van der Waals surface area contributed by atoms with Gasteiger partial charge in [-0.15, -0.1) is 23.2 Å². The van der Waals surface area contributed by atoms with Crippen molar-refractivity contribution in [2.75, 3.05) is 6.61 Å². The number of halogens is 2. The topological polar surface area (TPSA) is 9.23 Å². The van der Waals surface area contributed by atoms with Crippen molar-refractivity contribution in [2.24, 2.45) is 5.92 Å². The van der Waals surface area contributed by atoms with Gasteiger partial charge in [-0.05, 0) is 30.4 Å². The van der Waals surface area contributed by atoms with Crippen molar-refractivity contribution < 1.29 is 4.74 Å². The molecule has 2 rings (SSSR count). The third-order valence-corrected chi connectivity index (χ3v) is 3.68. The second-order valence-corrected chi connectivity index (χ2v) is 5.62. The molecular weight excluding hydrogens is 243 g/mol. The van der Waals surface area contributed by atoms with E-state index >= 15 is 0 Å². The van der Waals surface area contributed by atoms with Crippen LogP contribution < -0.4 is 4.74 Å². The highest BCUT2D eigenvalue weighted by molar-refractivity contribution is 6.50. The van der Waals surface area contributed by atoms with Crippen LogP contribution in [0.15, 0.2) is 36.9 Å². The first-order valence-corrected chi connectivity index (χ1v) is 6.08. The van der Waals surface area contributed by atoms with Crippen LogP contribution in [-0.2, 0) is 6.42 Å². The molecule has 0 spiro atoms. The summed E-state index contributed by atoms with van der Waals surface area (Å²) in [5, 5.41) is 0. The number of para-hydroxylation sites is 1. The zero-order valence-corrected chi connectivity index (χ0v) is 10.5. The Morgan fingerprint density at radius 2 is 2.12 bits per heavy atom. The maximum Gasteiger partial charge on any atom is 0.122 e. The summed E-state index contributed by atoms with van der Waals surface area (Å²) in [5.74, 6) is 1.25. The van der Waals surface area contributed by atoms with E-state index in [1.165, 1.54) is 0 Å². The van der Waals surface area contributed by atoms with Crippen molar-refractivity contribution in [3.05, 3.63) is 42.5 Å². The summed E-state index contributed by atoms with van der Waals surface area (Å²) < 4.78 is 5.06. The Bertz CT molecular complexity index is 387. The van der Waals surface area contributed by atoms with Crippen molar-refractivity contribution in [3.63, 3.8) is 0 Å². The zero-order valence-electron chi connectivity index (χ0n) is 8.96. The van der Waals surface area contributed by atoms with Gasteiger partial charge in [-0.1, -0.05) is 30.9 Å². The number of benzene rings is 1.